The van der Waals surface area contributed by atoms with Crippen LogP contribution >= 0.6 is 22.9 Å². The minimum Gasteiger partial charge on any atom is -0.272 e. The molecule has 4 heteroatoms. The first-order chi connectivity index (χ1) is 8.11. The van der Waals surface area contributed by atoms with Crippen molar-refractivity contribution >= 4 is 34.5 Å². The third-order valence-corrected chi connectivity index (χ3v) is 3.35. The van der Waals surface area contributed by atoms with Gasteiger partial charge >= 0.3 is 0 Å². The fraction of sp³-hybridized carbons (Fsp3) is 0.846. The van der Waals surface area contributed by atoms with Crippen LogP contribution in [0.5, 0.6) is 0 Å². The molecule has 0 aromatic carbocycles. The van der Waals surface area contributed by atoms with Gasteiger partial charge in [0.1, 0.15) is 0 Å². The van der Waals surface area contributed by atoms with E-state index < -0.39 is 0 Å². The average Bonchev–Trinajstić information content (AvgIpc) is 2.29. The molecule has 0 aromatic rings. The molecule has 0 spiro atoms. The highest BCUT2D eigenvalue weighted by molar-refractivity contribution is 14.1. The first kappa shape index (κ1) is 16.9. The summed E-state index contributed by atoms with van der Waals surface area (Å²) in [4.78, 5) is 11.7. The van der Waals surface area contributed by atoms with Crippen LogP contribution in [-0.4, -0.2) is 14.8 Å². The van der Waals surface area contributed by atoms with Gasteiger partial charge in [-0.15, -0.1) is 0 Å². The summed E-state index contributed by atoms with van der Waals surface area (Å²) in [6, 6.07) is 0. The first-order valence-corrected chi connectivity index (χ1v) is 7.61. The second kappa shape index (κ2) is 11.0. The maximum absolute atomic E-state index is 11.7. The largest absolute Gasteiger partial charge is 0.272 e. The summed E-state index contributed by atoms with van der Waals surface area (Å²) >= 11 is 1.99. The number of rotatable bonds is 9. The second-order valence-corrected chi connectivity index (χ2v) is 5.32. The monoisotopic (exact) mass is 352 g/mol. The zero-order chi connectivity index (χ0) is 13.1. The highest BCUT2D eigenvalue weighted by Gasteiger charge is 2.08. The maximum atomic E-state index is 11.7. The quantitative estimate of drug-likeness (QED) is 0.195. The summed E-state index contributed by atoms with van der Waals surface area (Å²) in [5.74, 6) is 0.119. The van der Waals surface area contributed by atoms with Crippen LogP contribution in [0.15, 0.2) is 5.10 Å². The van der Waals surface area contributed by atoms with Crippen LogP contribution in [0.2, 0.25) is 0 Å². The number of nitrogens with zero attached hydrogens (tertiary/aromatic N) is 2. The molecule has 0 unspecified atom stereocenters. The molecule has 0 bridgehead atoms. The second-order valence-electron chi connectivity index (χ2n) is 4.40. The molecule has 0 rings (SSSR count). The Labute approximate surface area is 120 Å². The molecule has 17 heavy (non-hydrogen) atoms. The predicted molar refractivity (Wildman–Crippen MR) is 82.3 cm³/mol. The van der Waals surface area contributed by atoms with Crippen LogP contribution in [0.3, 0.4) is 0 Å². The third kappa shape index (κ3) is 9.56. The molecule has 100 valence electrons. The number of unbranched alkanes of at least 4 members (excludes halogenated alkanes) is 4. The molecule has 0 saturated carbocycles. The molecule has 1 amide bonds. The van der Waals surface area contributed by atoms with E-state index in [1.54, 1.807) is 0 Å². The Balaban J connectivity index is 3.90. The Hall–Kier alpha value is -0.130. The highest BCUT2D eigenvalue weighted by Crippen LogP contribution is 2.10. The Kier molecular flexibility index (Phi) is 10.9. The van der Waals surface area contributed by atoms with Gasteiger partial charge in [0, 0.05) is 12.1 Å². The van der Waals surface area contributed by atoms with Crippen LogP contribution in [0.1, 0.15) is 72.1 Å². The minimum atomic E-state index is 0.119. The van der Waals surface area contributed by atoms with Gasteiger partial charge in [-0.25, -0.2) is 0 Å². The lowest BCUT2D eigenvalue weighted by atomic mass is 10.1. The van der Waals surface area contributed by atoms with Gasteiger partial charge in [-0.3, -0.25) is 4.79 Å². The molecule has 0 aromatic heterocycles. The molecule has 0 saturated heterocycles. The minimum absolute atomic E-state index is 0.119. The lowest BCUT2D eigenvalue weighted by Gasteiger charge is -2.10. The fourth-order valence-electron chi connectivity index (χ4n) is 1.50. The van der Waals surface area contributed by atoms with Crippen molar-refractivity contribution in [3.63, 3.8) is 0 Å². The van der Waals surface area contributed by atoms with Crippen molar-refractivity contribution in [3.05, 3.63) is 0 Å². The Morgan fingerprint density at radius 1 is 1.06 bits per heavy atom. The van der Waals surface area contributed by atoms with E-state index in [2.05, 4.69) is 18.9 Å². The number of hydrogen-bond acceptors (Lipinski definition) is 2. The Bertz CT molecular complexity index is 242. The van der Waals surface area contributed by atoms with Gasteiger partial charge in [0.25, 0.3) is 5.91 Å². The average molecular weight is 352 g/mol. The van der Waals surface area contributed by atoms with E-state index >= 15 is 0 Å². The van der Waals surface area contributed by atoms with E-state index in [9.17, 15) is 4.79 Å². The maximum Gasteiger partial charge on any atom is 0.251 e. The molecule has 0 aliphatic carbocycles. The van der Waals surface area contributed by atoms with Crippen molar-refractivity contribution < 1.29 is 4.79 Å². The molecular formula is C13H25IN2O. The SMILES string of the molecule is CCCCCC(=O)N(I)/N=C(\C)CCCCC. The van der Waals surface area contributed by atoms with E-state index in [-0.39, 0.29) is 5.91 Å². The Morgan fingerprint density at radius 2 is 1.59 bits per heavy atom. The lowest BCUT2D eigenvalue weighted by molar-refractivity contribution is -0.125. The van der Waals surface area contributed by atoms with E-state index in [1.165, 1.54) is 22.5 Å². The molecule has 0 fully saturated rings. The standard InChI is InChI=1S/C13H25IN2O/c1-4-6-8-10-12(3)15-16(14)13(17)11-9-7-5-2/h4-11H2,1-3H3/b15-12+. The smallest absolute Gasteiger partial charge is 0.251 e. The summed E-state index contributed by atoms with van der Waals surface area (Å²) in [6.07, 6.45) is 8.47. The molecule has 0 aliphatic heterocycles. The van der Waals surface area contributed by atoms with Crippen LogP contribution < -0.4 is 0 Å². The molecular weight excluding hydrogens is 327 g/mol. The predicted octanol–water partition coefficient (Wildman–Crippen LogP) is 4.70. The van der Waals surface area contributed by atoms with Gasteiger partial charge in [-0.1, -0.05) is 39.5 Å². The summed E-state index contributed by atoms with van der Waals surface area (Å²) in [5, 5.41) is 4.31. The van der Waals surface area contributed by atoms with Gasteiger partial charge in [0.05, 0.1) is 22.9 Å². The summed E-state index contributed by atoms with van der Waals surface area (Å²) in [7, 11) is 0. The number of hydrazone groups is 1. The highest BCUT2D eigenvalue weighted by atomic mass is 127. The van der Waals surface area contributed by atoms with Crippen LogP contribution in [0.4, 0.5) is 0 Å². The van der Waals surface area contributed by atoms with Gasteiger partial charge in [-0.2, -0.15) is 8.32 Å². The van der Waals surface area contributed by atoms with Crippen molar-refractivity contribution in [2.24, 2.45) is 5.10 Å². The van der Waals surface area contributed by atoms with Crippen LogP contribution in [-0.2, 0) is 4.79 Å². The van der Waals surface area contributed by atoms with Crippen molar-refractivity contribution in [1.82, 2.24) is 3.22 Å². The number of carbonyl (C=O) groups is 1. The van der Waals surface area contributed by atoms with Gasteiger partial charge < -0.3 is 0 Å². The van der Waals surface area contributed by atoms with E-state index in [1.807, 2.05) is 29.8 Å². The number of halogens is 1. The first-order valence-electron chi connectivity index (χ1n) is 6.64. The molecule has 0 heterocycles. The van der Waals surface area contributed by atoms with Crippen molar-refractivity contribution in [1.29, 1.82) is 0 Å². The van der Waals surface area contributed by atoms with Gasteiger partial charge in [-0.05, 0) is 26.2 Å². The summed E-state index contributed by atoms with van der Waals surface area (Å²) < 4.78 is 1.48. The van der Waals surface area contributed by atoms with Crippen molar-refractivity contribution in [3.8, 4) is 0 Å². The summed E-state index contributed by atoms with van der Waals surface area (Å²) in [5.41, 5.74) is 1.05. The topological polar surface area (TPSA) is 32.7 Å². The zero-order valence-corrected chi connectivity index (χ0v) is 13.5. The fourth-order valence-corrected chi connectivity index (χ4v) is 2.11. The number of amides is 1. The normalized spacial score (nSPS) is 11.6. The molecule has 0 N–H and O–H groups in total. The third-order valence-electron chi connectivity index (χ3n) is 2.60. The number of carbonyl (C=O) groups excluding carboxylic acids is 1. The number of hydrogen-bond donors (Lipinski definition) is 0. The molecule has 0 atom stereocenters. The van der Waals surface area contributed by atoms with E-state index in [4.69, 9.17) is 0 Å². The molecule has 0 aliphatic rings. The van der Waals surface area contributed by atoms with Crippen molar-refractivity contribution in [2.75, 3.05) is 0 Å². The summed E-state index contributed by atoms with van der Waals surface area (Å²) in [6.45, 7) is 6.33. The van der Waals surface area contributed by atoms with Crippen LogP contribution in [0.25, 0.3) is 0 Å². The van der Waals surface area contributed by atoms with Gasteiger partial charge in [0.15, 0.2) is 0 Å². The Morgan fingerprint density at radius 3 is 2.12 bits per heavy atom. The van der Waals surface area contributed by atoms with Crippen LogP contribution in [0, 0.1) is 0 Å². The molecule has 3 nitrogen and oxygen atoms in total. The van der Waals surface area contributed by atoms with E-state index in [0.29, 0.717) is 6.42 Å². The zero-order valence-electron chi connectivity index (χ0n) is 11.3. The van der Waals surface area contributed by atoms with E-state index in [0.717, 1.165) is 31.4 Å². The lowest BCUT2D eigenvalue weighted by Crippen LogP contribution is -2.16. The van der Waals surface area contributed by atoms with Gasteiger partial charge in [0.2, 0.25) is 0 Å². The van der Waals surface area contributed by atoms with Crippen molar-refractivity contribution in [2.45, 2.75) is 72.1 Å². The molecule has 0 radical (unpaired) electrons.